The summed E-state index contributed by atoms with van der Waals surface area (Å²) in [7, 11) is 0. The molecule has 1 aliphatic heterocycles. The number of hydrogen-bond donors (Lipinski definition) is 1. The molecule has 0 amide bonds. The van der Waals surface area contributed by atoms with Gasteiger partial charge < -0.3 is 9.84 Å². The van der Waals surface area contributed by atoms with E-state index in [1.807, 2.05) is 36.6 Å². The van der Waals surface area contributed by atoms with Crippen LogP contribution in [-0.4, -0.2) is 16.7 Å². The number of thiazole rings is 1. The van der Waals surface area contributed by atoms with E-state index in [4.69, 9.17) is 4.74 Å². The predicted molar refractivity (Wildman–Crippen MR) is 75.7 cm³/mol. The van der Waals surface area contributed by atoms with Crippen molar-refractivity contribution >= 4 is 11.3 Å². The van der Waals surface area contributed by atoms with Gasteiger partial charge in [0.25, 0.3) is 0 Å². The van der Waals surface area contributed by atoms with Gasteiger partial charge in [-0.25, -0.2) is 4.98 Å². The molecule has 0 radical (unpaired) electrons. The number of para-hydroxylation sites is 1. The summed E-state index contributed by atoms with van der Waals surface area (Å²) in [5, 5.41) is 22.9. The van der Waals surface area contributed by atoms with Crippen LogP contribution in [-0.2, 0) is 5.41 Å². The first kappa shape index (κ1) is 13.1. The average molecular weight is 286 g/mol. The molecule has 0 saturated carbocycles. The van der Waals surface area contributed by atoms with Crippen molar-refractivity contribution in [3.63, 3.8) is 0 Å². The standard InChI is InChI=1S/C15H14N2O2S/c1-10-8-20-14(17-10)13(18)15(9-16)6-7-19-12-5-3-2-4-11(12)15/h2-5,8,13,18H,6-7H2,1H3. The van der Waals surface area contributed by atoms with E-state index in [-0.39, 0.29) is 0 Å². The van der Waals surface area contributed by atoms with Crippen molar-refractivity contribution in [1.29, 1.82) is 5.26 Å². The van der Waals surface area contributed by atoms with Crippen molar-refractivity contribution in [2.45, 2.75) is 24.9 Å². The first-order valence-electron chi connectivity index (χ1n) is 6.41. The van der Waals surface area contributed by atoms with E-state index in [0.717, 1.165) is 11.3 Å². The van der Waals surface area contributed by atoms with Gasteiger partial charge >= 0.3 is 0 Å². The fourth-order valence-electron chi connectivity index (χ4n) is 2.59. The number of benzene rings is 1. The summed E-state index contributed by atoms with van der Waals surface area (Å²) in [6, 6.07) is 9.73. The van der Waals surface area contributed by atoms with Gasteiger partial charge in [0.1, 0.15) is 22.3 Å². The van der Waals surface area contributed by atoms with E-state index in [9.17, 15) is 10.4 Å². The number of aliphatic hydroxyl groups excluding tert-OH is 1. The zero-order chi connectivity index (χ0) is 14.2. The molecule has 3 rings (SSSR count). The summed E-state index contributed by atoms with van der Waals surface area (Å²) in [6.45, 7) is 2.30. The maximum absolute atomic E-state index is 10.7. The fourth-order valence-corrected chi connectivity index (χ4v) is 3.46. The van der Waals surface area contributed by atoms with Gasteiger partial charge in [0.05, 0.1) is 12.7 Å². The molecular weight excluding hydrogens is 272 g/mol. The van der Waals surface area contributed by atoms with Crippen LogP contribution in [0.5, 0.6) is 5.75 Å². The highest BCUT2D eigenvalue weighted by atomic mass is 32.1. The van der Waals surface area contributed by atoms with E-state index in [1.54, 1.807) is 0 Å². The summed E-state index contributed by atoms with van der Waals surface area (Å²) >= 11 is 1.39. The largest absolute Gasteiger partial charge is 0.493 e. The Bertz CT molecular complexity index is 677. The molecule has 5 heteroatoms. The quantitative estimate of drug-likeness (QED) is 0.921. The predicted octanol–water partition coefficient (Wildman–Crippen LogP) is 2.73. The van der Waals surface area contributed by atoms with Crippen LogP contribution in [0.15, 0.2) is 29.6 Å². The summed E-state index contributed by atoms with van der Waals surface area (Å²) in [6.07, 6.45) is -0.475. The summed E-state index contributed by atoms with van der Waals surface area (Å²) in [5.41, 5.74) is 0.616. The van der Waals surface area contributed by atoms with Crippen LogP contribution >= 0.6 is 11.3 Å². The Morgan fingerprint density at radius 3 is 3.00 bits per heavy atom. The Morgan fingerprint density at radius 2 is 2.30 bits per heavy atom. The minimum absolute atomic E-state index is 0.423. The van der Waals surface area contributed by atoms with Crippen LogP contribution in [0.1, 0.15) is 28.8 Å². The number of fused-ring (bicyclic) bond motifs is 1. The number of aryl methyl sites for hydroxylation is 1. The first-order valence-corrected chi connectivity index (χ1v) is 7.29. The lowest BCUT2D eigenvalue weighted by Gasteiger charge is -2.35. The molecule has 2 heterocycles. The maximum atomic E-state index is 10.7. The monoisotopic (exact) mass is 286 g/mol. The topological polar surface area (TPSA) is 66.1 Å². The molecule has 2 aromatic rings. The van der Waals surface area contributed by atoms with Crippen molar-refractivity contribution < 1.29 is 9.84 Å². The van der Waals surface area contributed by atoms with Gasteiger partial charge in [-0.2, -0.15) is 5.26 Å². The highest BCUT2D eigenvalue weighted by molar-refractivity contribution is 7.09. The third kappa shape index (κ3) is 1.89. The lowest BCUT2D eigenvalue weighted by molar-refractivity contribution is 0.0803. The molecule has 1 N–H and O–H groups in total. The van der Waals surface area contributed by atoms with Gasteiger partial charge in [0.2, 0.25) is 0 Å². The van der Waals surface area contributed by atoms with Crippen LogP contribution in [0.4, 0.5) is 0 Å². The Kier molecular flexibility index (Phi) is 3.20. The molecule has 0 spiro atoms. The van der Waals surface area contributed by atoms with E-state index in [0.29, 0.717) is 23.8 Å². The molecular formula is C15H14N2O2S. The zero-order valence-electron chi connectivity index (χ0n) is 11.0. The lowest BCUT2D eigenvalue weighted by atomic mass is 9.73. The fraction of sp³-hybridized carbons (Fsp3) is 0.333. The number of aromatic nitrogens is 1. The Labute approximate surface area is 121 Å². The number of ether oxygens (including phenoxy) is 1. The first-order chi connectivity index (χ1) is 9.67. The number of aliphatic hydroxyl groups is 1. The minimum Gasteiger partial charge on any atom is -0.493 e. The van der Waals surface area contributed by atoms with Crippen molar-refractivity contribution in [2.75, 3.05) is 6.61 Å². The van der Waals surface area contributed by atoms with Crippen LogP contribution < -0.4 is 4.74 Å². The number of hydrogen-bond acceptors (Lipinski definition) is 5. The number of rotatable bonds is 2. The summed E-state index contributed by atoms with van der Waals surface area (Å²) in [4.78, 5) is 4.33. The molecule has 1 aromatic heterocycles. The van der Waals surface area contributed by atoms with Gasteiger partial charge in [-0.1, -0.05) is 18.2 Å². The molecule has 2 atom stereocenters. The van der Waals surface area contributed by atoms with E-state index in [2.05, 4.69) is 11.1 Å². The smallest absolute Gasteiger partial charge is 0.128 e. The second-order valence-corrected chi connectivity index (χ2v) is 5.80. The third-order valence-electron chi connectivity index (χ3n) is 3.66. The molecule has 20 heavy (non-hydrogen) atoms. The van der Waals surface area contributed by atoms with Crippen LogP contribution in [0.2, 0.25) is 0 Å². The molecule has 0 aliphatic carbocycles. The second kappa shape index (κ2) is 4.89. The van der Waals surface area contributed by atoms with Gasteiger partial charge in [0.15, 0.2) is 0 Å². The van der Waals surface area contributed by atoms with Gasteiger partial charge in [0, 0.05) is 23.1 Å². The third-order valence-corrected chi connectivity index (χ3v) is 4.67. The van der Waals surface area contributed by atoms with Crippen molar-refractivity contribution in [1.82, 2.24) is 4.98 Å². The SMILES string of the molecule is Cc1csc(C(O)C2(C#N)CCOc3ccccc32)n1. The highest BCUT2D eigenvalue weighted by Crippen LogP contribution is 2.46. The van der Waals surface area contributed by atoms with Crippen molar-refractivity contribution in [3.8, 4) is 11.8 Å². The molecule has 1 aliphatic rings. The Balaban J connectivity index is 2.12. The van der Waals surface area contributed by atoms with Crippen LogP contribution in [0.25, 0.3) is 0 Å². The molecule has 0 bridgehead atoms. The van der Waals surface area contributed by atoms with E-state index in [1.165, 1.54) is 11.3 Å². The molecule has 102 valence electrons. The summed E-state index contributed by atoms with van der Waals surface area (Å²) < 4.78 is 5.59. The minimum atomic E-state index is -0.987. The van der Waals surface area contributed by atoms with Gasteiger partial charge in [-0.15, -0.1) is 11.3 Å². The number of nitriles is 1. The van der Waals surface area contributed by atoms with Crippen molar-refractivity contribution in [2.24, 2.45) is 0 Å². The lowest BCUT2D eigenvalue weighted by Crippen LogP contribution is -2.37. The number of nitrogens with zero attached hydrogens (tertiary/aromatic N) is 2. The Hall–Kier alpha value is -1.90. The van der Waals surface area contributed by atoms with E-state index < -0.39 is 11.5 Å². The van der Waals surface area contributed by atoms with Gasteiger partial charge in [-0.05, 0) is 13.0 Å². The maximum Gasteiger partial charge on any atom is 0.128 e. The van der Waals surface area contributed by atoms with Crippen LogP contribution in [0, 0.1) is 18.3 Å². The highest BCUT2D eigenvalue weighted by Gasteiger charge is 2.46. The normalized spacial score (nSPS) is 22.4. The molecule has 4 nitrogen and oxygen atoms in total. The molecule has 0 fully saturated rings. The van der Waals surface area contributed by atoms with Crippen molar-refractivity contribution in [3.05, 3.63) is 45.9 Å². The average Bonchev–Trinajstić information content (AvgIpc) is 2.92. The molecule has 0 saturated heterocycles. The van der Waals surface area contributed by atoms with Gasteiger partial charge in [-0.3, -0.25) is 0 Å². The second-order valence-electron chi connectivity index (χ2n) is 4.91. The molecule has 1 aromatic carbocycles. The summed E-state index contributed by atoms with van der Waals surface area (Å²) in [5.74, 6) is 0.674. The molecule has 2 unspecified atom stereocenters. The Morgan fingerprint density at radius 1 is 1.50 bits per heavy atom. The zero-order valence-corrected chi connectivity index (χ0v) is 11.9. The van der Waals surface area contributed by atoms with E-state index >= 15 is 0 Å². The van der Waals surface area contributed by atoms with Crippen LogP contribution in [0.3, 0.4) is 0 Å².